The molecule has 3 nitrogen and oxygen atoms in total. The molecule has 1 heterocycles. The summed E-state index contributed by atoms with van der Waals surface area (Å²) in [6, 6.07) is 0.426. The monoisotopic (exact) mass is 171 g/mol. The Labute approximate surface area is 73.2 Å². The summed E-state index contributed by atoms with van der Waals surface area (Å²) < 4.78 is 0. The molecule has 12 heavy (non-hydrogen) atoms. The van der Waals surface area contributed by atoms with Gasteiger partial charge >= 0.3 is 5.97 Å². The zero-order chi connectivity index (χ0) is 8.97. The predicted molar refractivity (Wildman–Crippen MR) is 47.1 cm³/mol. The van der Waals surface area contributed by atoms with Crippen LogP contribution in [0.25, 0.3) is 0 Å². The molecule has 2 atom stereocenters. The van der Waals surface area contributed by atoms with Crippen LogP contribution in [0, 0.1) is 5.92 Å². The first-order valence-electron chi connectivity index (χ1n) is 4.65. The number of aliphatic carboxylic acids is 1. The van der Waals surface area contributed by atoms with Crippen molar-refractivity contribution in [3.63, 3.8) is 0 Å². The Morgan fingerprint density at radius 2 is 2.42 bits per heavy atom. The van der Waals surface area contributed by atoms with E-state index in [-0.39, 0.29) is 12.3 Å². The van der Waals surface area contributed by atoms with Gasteiger partial charge in [-0.1, -0.05) is 13.3 Å². The number of nitrogens with one attached hydrogen (secondary N) is 1. The van der Waals surface area contributed by atoms with Crippen molar-refractivity contribution in [3.8, 4) is 0 Å². The van der Waals surface area contributed by atoms with Gasteiger partial charge in [0.05, 0.1) is 0 Å². The van der Waals surface area contributed by atoms with Crippen molar-refractivity contribution in [2.75, 3.05) is 6.54 Å². The van der Waals surface area contributed by atoms with Gasteiger partial charge in [0.2, 0.25) is 0 Å². The number of carboxylic acid groups (broad SMARTS) is 1. The molecule has 0 spiro atoms. The van der Waals surface area contributed by atoms with Crippen LogP contribution in [0.5, 0.6) is 0 Å². The van der Waals surface area contributed by atoms with Gasteiger partial charge in [0.25, 0.3) is 0 Å². The first-order chi connectivity index (χ1) is 5.70. The SMILES string of the molecule is C[C@H](CC(=O)O)[C@H]1CCCCN1. The van der Waals surface area contributed by atoms with Crippen molar-refractivity contribution in [1.29, 1.82) is 0 Å². The first-order valence-corrected chi connectivity index (χ1v) is 4.65. The minimum atomic E-state index is -0.685. The quantitative estimate of drug-likeness (QED) is 0.671. The molecule has 1 aliphatic rings. The fraction of sp³-hybridized carbons (Fsp3) is 0.889. The smallest absolute Gasteiger partial charge is 0.303 e. The molecule has 2 N–H and O–H groups in total. The lowest BCUT2D eigenvalue weighted by atomic mass is 9.91. The third kappa shape index (κ3) is 2.81. The molecule has 0 unspecified atom stereocenters. The zero-order valence-electron chi connectivity index (χ0n) is 7.55. The summed E-state index contributed by atoms with van der Waals surface area (Å²) in [4.78, 5) is 10.4. The average molecular weight is 171 g/mol. The van der Waals surface area contributed by atoms with E-state index in [1.165, 1.54) is 12.8 Å². The Hall–Kier alpha value is -0.570. The Balaban J connectivity index is 2.29. The summed E-state index contributed by atoms with van der Waals surface area (Å²) in [5, 5.41) is 11.9. The molecule has 0 aliphatic carbocycles. The normalized spacial score (nSPS) is 26.6. The maximum atomic E-state index is 10.4. The second-order valence-electron chi connectivity index (χ2n) is 3.63. The number of rotatable bonds is 3. The van der Waals surface area contributed by atoms with E-state index in [1.54, 1.807) is 0 Å². The lowest BCUT2D eigenvalue weighted by Crippen LogP contribution is -2.39. The number of carboxylic acids is 1. The van der Waals surface area contributed by atoms with Crippen LogP contribution in [-0.4, -0.2) is 23.7 Å². The molecule has 0 bridgehead atoms. The van der Waals surface area contributed by atoms with Crippen molar-refractivity contribution in [2.24, 2.45) is 5.92 Å². The molecule has 70 valence electrons. The van der Waals surface area contributed by atoms with Crippen LogP contribution in [0.4, 0.5) is 0 Å². The van der Waals surface area contributed by atoms with Gasteiger partial charge in [-0.2, -0.15) is 0 Å². The van der Waals surface area contributed by atoms with Crippen LogP contribution in [0.1, 0.15) is 32.6 Å². The van der Waals surface area contributed by atoms with Crippen molar-refractivity contribution >= 4 is 5.97 Å². The highest BCUT2D eigenvalue weighted by Crippen LogP contribution is 2.17. The summed E-state index contributed by atoms with van der Waals surface area (Å²) in [6.07, 6.45) is 3.89. The van der Waals surface area contributed by atoms with Crippen molar-refractivity contribution < 1.29 is 9.90 Å². The third-order valence-electron chi connectivity index (χ3n) is 2.53. The molecule has 0 saturated carbocycles. The van der Waals surface area contributed by atoms with E-state index in [9.17, 15) is 4.79 Å². The molecule has 0 aromatic carbocycles. The summed E-state index contributed by atoms with van der Waals surface area (Å²) >= 11 is 0. The Morgan fingerprint density at radius 3 is 2.92 bits per heavy atom. The molecule has 0 aromatic rings. The molecule has 1 rings (SSSR count). The molecular weight excluding hydrogens is 154 g/mol. The van der Waals surface area contributed by atoms with E-state index in [0.29, 0.717) is 6.04 Å². The second kappa shape index (κ2) is 4.45. The Bertz CT molecular complexity index is 153. The van der Waals surface area contributed by atoms with Gasteiger partial charge in [0.15, 0.2) is 0 Å². The maximum Gasteiger partial charge on any atom is 0.303 e. The second-order valence-corrected chi connectivity index (χ2v) is 3.63. The van der Waals surface area contributed by atoms with Crippen LogP contribution in [-0.2, 0) is 4.79 Å². The van der Waals surface area contributed by atoms with E-state index in [2.05, 4.69) is 5.32 Å². The highest BCUT2D eigenvalue weighted by atomic mass is 16.4. The topological polar surface area (TPSA) is 49.3 Å². The number of hydrogen-bond acceptors (Lipinski definition) is 2. The van der Waals surface area contributed by atoms with Gasteiger partial charge in [0, 0.05) is 12.5 Å². The van der Waals surface area contributed by atoms with Gasteiger partial charge in [-0.3, -0.25) is 4.79 Å². The molecule has 1 fully saturated rings. The van der Waals surface area contributed by atoms with Crippen molar-refractivity contribution in [1.82, 2.24) is 5.32 Å². The van der Waals surface area contributed by atoms with Gasteiger partial charge in [0.1, 0.15) is 0 Å². The summed E-state index contributed by atoms with van der Waals surface area (Å²) in [5.74, 6) is -0.419. The average Bonchev–Trinajstić information content (AvgIpc) is 2.05. The Morgan fingerprint density at radius 1 is 1.67 bits per heavy atom. The lowest BCUT2D eigenvalue weighted by Gasteiger charge is -2.28. The van der Waals surface area contributed by atoms with E-state index in [0.717, 1.165) is 13.0 Å². The van der Waals surface area contributed by atoms with Gasteiger partial charge in [-0.25, -0.2) is 0 Å². The lowest BCUT2D eigenvalue weighted by molar-refractivity contribution is -0.138. The van der Waals surface area contributed by atoms with Gasteiger partial charge in [-0.05, 0) is 25.3 Å². The van der Waals surface area contributed by atoms with Crippen LogP contribution in [0.15, 0.2) is 0 Å². The number of hydrogen-bond donors (Lipinski definition) is 2. The minimum Gasteiger partial charge on any atom is -0.481 e. The molecule has 0 amide bonds. The predicted octanol–water partition coefficient (Wildman–Crippen LogP) is 1.24. The number of piperidine rings is 1. The van der Waals surface area contributed by atoms with Crippen LogP contribution in [0.2, 0.25) is 0 Å². The zero-order valence-corrected chi connectivity index (χ0v) is 7.55. The van der Waals surface area contributed by atoms with Crippen molar-refractivity contribution in [3.05, 3.63) is 0 Å². The molecule has 3 heteroatoms. The van der Waals surface area contributed by atoms with Crippen LogP contribution >= 0.6 is 0 Å². The van der Waals surface area contributed by atoms with E-state index < -0.39 is 5.97 Å². The van der Waals surface area contributed by atoms with Gasteiger partial charge < -0.3 is 10.4 Å². The molecular formula is C9H17NO2. The van der Waals surface area contributed by atoms with Crippen LogP contribution < -0.4 is 5.32 Å². The molecule has 0 aromatic heterocycles. The largest absolute Gasteiger partial charge is 0.481 e. The molecule has 1 saturated heterocycles. The number of carbonyl (C=O) groups is 1. The van der Waals surface area contributed by atoms with Crippen molar-refractivity contribution in [2.45, 2.75) is 38.6 Å². The summed E-state index contributed by atoms with van der Waals surface area (Å²) in [6.45, 7) is 3.06. The fourth-order valence-electron chi connectivity index (χ4n) is 1.78. The van der Waals surface area contributed by atoms with Crippen LogP contribution in [0.3, 0.4) is 0 Å². The first kappa shape index (κ1) is 9.52. The van der Waals surface area contributed by atoms with Gasteiger partial charge in [-0.15, -0.1) is 0 Å². The maximum absolute atomic E-state index is 10.4. The molecule has 0 radical (unpaired) electrons. The van der Waals surface area contributed by atoms with E-state index >= 15 is 0 Å². The summed E-state index contributed by atoms with van der Waals surface area (Å²) in [7, 11) is 0. The van der Waals surface area contributed by atoms with E-state index in [1.807, 2.05) is 6.92 Å². The highest BCUT2D eigenvalue weighted by molar-refractivity contribution is 5.67. The minimum absolute atomic E-state index is 0.266. The highest BCUT2D eigenvalue weighted by Gasteiger charge is 2.20. The molecule has 1 aliphatic heterocycles. The third-order valence-corrected chi connectivity index (χ3v) is 2.53. The fourth-order valence-corrected chi connectivity index (χ4v) is 1.78. The standard InChI is InChI=1S/C9H17NO2/c1-7(6-9(11)12)8-4-2-3-5-10-8/h7-8,10H,2-6H2,1H3,(H,11,12)/t7-,8-/m1/s1. The van der Waals surface area contributed by atoms with E-state index in [4.69, 9.17) is 5.11 Å². The Kier molecular flexibility index (Phi) is 3.53. The summed E-state index contributed by atoms with van der Waals surface area (Å²) in [5.41, 5.74) is 0.